The van der Waals surface area contributed by atoms with Gasteiger partial charge in [0.05, 0.1) is 11.5 Å². The number of hydrogen-bond acceptors (Lipinski definition) is 6. The van der Waals surface area contributed by atoms with Gasteiger partial charge >= 0.3 is 5.97 Å². The van der Waals surface area contributed by atoms with Gasteiger partial charge in [-0.15, -0.1) is 0 Å². The number of ether oxygens (including phenoxy) is 1. The van der Waals surface area contributed by atoms with E-state index < -0.39 is 23.2 Å². The van der Waals surface area contributed by atoms with Crippen LogP contribution >= 0.6 is 11.8 Å². The van der Waals surface area contributed by atoms with E-state index in [0.717, 1.165) is 16.7 Å². The molecule has 0 aromatic heterocycles. The number of esters is 1. The Bertz CT molecular complexity index is 638. The van der Waals surface area contributed by atoms with Gasteiger partial charge in [-0.2, -0.15) is 0 Å². The normalized spacial score (nSPS) is 17.9. The first-order valence-corrected chi connectivity index (χ1v) is 7.48. The molecule has 6 nitrogen and oxygen atoms in total. The number of rotatable bonds is 4. The standard InChI is InChI=1S/C15H15NO5S/c1-3-21-14(19)9(2)16-13(18)12(22-15(16)20)8-10-4-6-11(17)7-5-10/h4-9,17H,3H2,1-2H3/b12-8+/t9-/m1/s1. The Hall–Kier alpha value is -2.28. The second kappa shape index (κ2) is 6.65. The molecule has 0 bridgehead atoms. The van der Waals surface area contributed by atoms with E-state index in [0.29, 0.717) is 5.56 Å². The van der Waals surface area contributed by atoms with Crippen molar-refractivity contribution >= 4 is 35.0 Å². The van der Waals surface area contributed by atoms with E-state index in [-0.39, 0.29) is 17.3 Å². The third-order valence-corrected chi connectivity index (χ3v) is 3.91. The van der Waals surface area contributed by atoms with Gasteiger partial charge in [0.2, 0.25) is 0 Å². The van der Waals surface area contributed by atoms with Crippen molar-refractivity contribution in [3.8, 4) is 5.75 Å². The van der Waals surface area contributed by atoms with Crippen molar-refractivity contribution in [2.24, 2.45) is 0 Å². The van der Waals surface area contributed by atoms with Gasteiger partial charge in [-0.3, -0.25) is 14.5 Å². The second-order valence-corrected chi connectivity index (χ2v) is 5.56. The number of imide groups is 1. The largest absolute Gasteiger partial charge is 0.508 e. The number of thioether (sulfide) groups is 1. The van der Waals surface area contributed by atoms with Crippen LogP contribution in [0.1, 0.15) is 19.4 Å². The monoisotopic (exact) mass is 321 g/mol. The number of carbonyl (C=O) groups excluding carboxylic acids is 3. The molecule has 1 N–H and O–H groups in total. The van der Waals surface area contributed by atoms with Crippen LogP contribution < -0.4 is 0 Å². The van der Waals surface area contributed by atoms with Crippen LogP contribution in [-0.4, -0.2) is 39.8 Å². The van der Waals surface area contributed by atoms with E-state index in [2.05, 4.69) is 0 Å². The van der Waals surface area contributed by atoms with Gasteiger partial charge in [0.25, 0.3) is 11.1 Å². The lowest BCUT2D eigenvalue weighted by Crippen LogP contribution is -2.42. The minimum atomic E-state index is -0.960. The predicted molar refractivity (Wildman–Crippen MR) is 82.0 cm³/mol. The Balaban J connectivity index is 2.21. The highest BCUT2D eigenvalue weighted by Gasteiger charge is 2.41. The van der Waals surface area contributed by atoms with Crippen LogP contribution in [0.15, 0.2) is 29.2 Å². The molecule has 2 rings (SSSR count). The SMILES string of the molecule is CCOC(=O)[C@@H](C)N1C(=O)S/C(=C/c2ccc(O)cc2)C1=O. The van der Waals surface area contributed by atoms with Crippen LogP contribution in [0.3, 0.4) is 0 Å². The lowest BCUT2D eigenvalue weighted by molar-refractivity contribution is -0.150. The Labute approximate surface area is 131 Å². The summed E-state index contributed by atoms with van der Waals surface area (Å²) in [5.41, 5.74) is 0.673. The maximum absolute atomic E-state index is 12.3. The summed E-state index contributed by atoms with van der Waals surface area (Å²) in [4.78, 5) is 37.1. The minimum Gasteiger partial charge on any atom is -0.508 e. The molecule has 1 atom stereocenters. The summed E-state index contributed by atoms with van der Waals surface area (Å²) in [6.45, 7) is 3.30. The number of amides is 2. The van der Waals surface area contributed by atoms with Crippen molar-refractivity contribution < 1.29 is 24.2 Å². The fourth-order valence-corrected chi connectivity index (χ4v) is 2.81. The van der Waals surface area contributed by atoms with Gasteiger partial charge in [-0.25, -0.2) is 4.79 Å². The third kappa shape index (κ3) is 3.30. The van der Waals surface area contributed by atoms with E-state index >= 15 is 0 Å². The molecule has 0 radical (unpaired) electrons. The fourth-order valence-electron chi connectivity index (χ4n) is 1.90. The molecule has 1 aliphatic heterocycles. The van der Waals surface area contributed by atoms with Crippen molar-refractivity contribution in [2.45, 2.75) is 19.9 Å². The number of phenolic OH excluding ortho intramolecular Hbond substituents is 1. The molecule has 1 aromatic carbocycles. The van der Waals surface area contributed by atoms with Crippen LogP contribution in [0.25, 0.3) is 6.08 Å². The molecule has 0 spiro atoms. The summed E-state index contributed by atoms with van der Waals surface area (Å²) in [5, 5.41) is 8.73. The molecule has 1 heterocycles. The van der Waals surface area contributed by atoms with E-state index in [9.17, 15) is 19.5 Å². The van der Waals surface area contributed by atoms with Gasteiger partial charge < -0.3 is 9.84 Å². The molecule has 0 unspecified atom stereocenters. The maximum Gasteiger partial charge on any atom is 0.329 e. The summed E-state index contributed by atoms with van der Waals surface area (Å²) in [6, 6.07) is 5.25. The van der Waals surface area contributed by atoms with Gasteiger partial charge in [-0.1, -0.05) is 12.1 Å². The first-order chi connectivity index (χ1) is 10.4. The lowest BCUT2D eigenvalue weighted by atomic mass is 10.2. The highest BCUT2D eigenvalue weighted by Crippen LogP contribution is 2.33. The number of hydrogen-bond donors (Lipinski definition) is 1. The van der Waals surface area contributed by atoms with Gasteiger partial charge in [-0.05, 0) is 49.4 Å². The number of phenols is 1. The van der Waals surface area contributed by atoms with Crippen LogP contribution in [0.5, 0.6) is 5.75 Å². The molecule has 7 heteroatoms. The maximum atomic E-state index is 12.3. The molecule has 0 aliphatic carbocycles. The Morgan fingerprint density at radius 3 is 2.59 bits per heavy atom. The first-order valence-electron chi connectivity index (χ1n) is 6.66. The molecule has 22 heavy (non-hydrogen) atoms. The van der Waals surface area contributed by atoms with Gasteiger partial charge in [0.1, 0.15) is 11.8 Å². The molecule has 1 saturated heterocycles. The molecule has 116 valence electrons. The Morgan fingerprint density at radius 1 is 1.36 bits per heavy atom. The molecule has 0 saturated carbocycles. The van der Waals surface area contributed by atoms with E-state index in [1.54, 1.807) is 25.1 Å². The topological polar surface area (TPSA) is 83.9 Å². The van der Waals surface area contributed by atoms with Crippen molar-refractivity contribution in [1.82, 2.24) is 4.90 Å². The lowest BCUT2D eigenvalue weighted by Gasteiger charge is -2.19. The van der Waals surface area contributed by atoms with Crippen LogP contribution in [0, 0.1) is 0 Å². The smallest absolute Gasteiger partial charge is 0.329 e. The van der Waals surface area contributed by atoms with Crippen LogP contribution in [-0.2, 0) is 14.3 Å². The molecule has 1 fully saturated rings. The molecule has 2 amide bonds. The zero-order chi connectivity index (χ0) is 16.3. The first kappa shape index (κ1) is 16.1. The van der Waals surface area contributed by atoms with Crippen molar-refractivity contribution in [3.05, 3.63) is 34.7 Å². The fraction of sp³-hybridized carbons (Fsp3) is 0.267. The average Bonchev–Trinajstić information content (AvgIpc) is 2.75. The average molecular weight is 321 g/mol. The number of nitrogens with zero attached hydrogens (tertiary/aromatic N) is 1. The zero-order valence-corrected chi connectivity index (χ0v) is 12.9. The molecular formula is C15H15NO5S. The highest BCUT2D eigenvalue weighted by molar-refractivity contribution is 8.18. The summed E-state index contributed by atoms with van der Waals surface area (Å²) < 4.78 is 4.84. The molecule has 1 aliphatic rings. The number of aromatic hydroxyl groups is 1. The summed E-state index contributed by atoms with van der Waals surface area (Å²) >= 11 is 0.773. The van der Waals surface area contributed by atoms with Gasteiger partial charge in [0, 0.05) is 0 Å². The zero-order valence-electron chi connectivity index (χ0n) is 12.1. The number of carbonyl (C=O) groups is 3. The van der Waals surface area contributed by atoms with E-state index in [1.165, 1.54) is 19.1 Å². The summed E-state index contributed by atoms with van der Waals surface area (Å²) in [7, 11) is 0. The molecular weight excluding hydrogens is 306 g/mol. The number of benzene rings is 1. The van der Waals surface area contributed by atoms with E-state index in [4.69, 9.17) is 4.74 Å². The Morgan fingerprint density at radius 2 is 2.00 bits per heavy atom. The van der Waals surface area contributed by atoms with Crippen molar-refractivity contribution in [2.75, 3.05) is 6.61 Å². The predicted octanol–water partition coefficient (Wildman–Crippen LogP) is 2.38. The van der Waals surface area contributed by atoms with Gasteiger partial charge in [0.15, 0.2) is 0 Å². The van der Waals surface area contributed by atoms with Crippen molar-refractivity contribution in [1.29, 1.82) is 0 Å². The van der Waals surface area contributed by atoms with Crippen molar-refractivity contribution in [3.63, 3.8) is 0 Å². The van der Waals surface area contributed by atoms with Crippen LogP contribution in [0.4, 0.5) is 4.79 Å². The second-order valence-electron chi connectivity index (χ2n) is 4.57. The van der Waals surface area contributed by atoms with Crippen LogP contribution in [0.2, 0.25) is 0 Å². The third-order valence-electron chi connectivity index (χ3n) is 3.03. The molecule has 1 aromatic rings. The quantitative estimate of drug-likeness (QED) is 0.677. The summed E-state index contributed by atoms with van der Waals surface area (Å²) in [5.74, 6) is -1.03. The highest BCUT2D eigenvalue weighted by atomic mass is 32.2. The summed E-state index contributed by atoms with van der Waals surface area (Å²) in [6.07, 6.45) is 1.54. The van der Waals surface area contributed by atoms with E-state index in [1.807, 2.05) is 0 Å². The minimum absolute atomic E-state index is 0.112. The Kier molecular flexibility index (Phi) is 4.87.